The average molecular weight is 674 g/mol. The van der Waals surface area contributed by atoms with E-state index in [1.807, 2.05) is 42.5 Å². The van der Waals surface area contributed by atoms with Crippen LogP contribution in [0.1, 0.15) is 28.4 Å². The number of hydrogen-bond acceptors (Lipinski definition) is 4. The first-order chi connectivity index (χ1) is 22.5. The standard InChI is InChI=1S/C36H27ClF3N3O3S/c1-22(33(44)42-31-20-26(36(38,39)40)17-18-30(31)37)47-28-15-8-14-27(21-28)41-35(46)32(43-34(45)24-10-3-2-4-11-24)19-25-13-7-12-23-9-5-6-16-29(23)25/h2-22H,1H3,(H,41,46)(H,42,44)(H,43,45)/b32-19+. The fourth-order valence-electron chi connectivity index (χ4n) is 4.61. The molecule has 1 unspecified atom stereocenters. The predicted octanol–water partition coefficient (Wildman–Crippen LogP) is 9.04. The van der Waals surface area contributed by atoms with Crippen LogP contribution in [-0.4, -0.2) is 23.0 Å². The molecule has 5 aromatic rings. The van der Waals surface area contributed by atoms with E-state index in [1.54, 1.807) is 67.6 Å². The maximum atomic E-state index is 13.6. The van der Waals surface area contributed by atoms with Crippen LogP contribution in [0.4, 0.5) is 24.5 Å². The zero-order valence-corrected chi connectivity index (χ0v) is 26.3. The number of nitrogens with one attached hydrogen (secondary N) is 3. The highest BCUT2D eigenvalue weighted by molar-refractivity contribution is 8.00. The molecule has 0 bridgehead atoms. The molecule has 0 spiro atoms. The molecule has 0 aliphatic carbocycles. The van der Waals surface area contributed by atoms with E-state index in [2.05, 4.69) is 16.0 Å². The number of hydrogen-bond donors (Lipinski definition) is 3. The maximum absolute atomic E-state index is 13.6. The van der Waals surface area contributed by atoms with Crippen LogP contribution in [0.2, 0.25) is 5.02 Å². The lowest BCUT2D eigenvalue weighted by molar-refractivity contribution is -0.137. The summed E-state index contributed by atoms with van der Waals surface area (Å²) in [6.07, 6.45) is -2.98. The van der Waals surface area contributed by atoms with Crippen LogP contribution in [0, 0.1) is 0 Å². The minimum atomic E-state index is -4.59. The van der Waals surface area contributed by atoms with E-state index in [-0.39, 0.29) is 16.4 Å². The van der Waals surface area contributed by atoms with Crippen LogP contribution in [-0.2, 0) is 15.8 Å². The molecule has 0 aliphatic rings. The number of fused-ring (bicyclic) bond motifs is 1. The molecule has 0 saturated heterocycles. The molecule has 0 aromatic heterocycles. The van der Waals surface area contributed by atoms with Gasteiger partial charge in [0, 0.05) is 16.1 Å². The quantitative estimate of drug-likeness (QED) is 0.108. The third-order valence-electron chi connectivity index (χ3n) is 6.98. The molecule has 0 heterocycles. The van der Waals surface area contributed by atoms with Gasteiger partial charge in [-0.3, -0.25) is 14.4 Å². The van der Waals surface area contributed by atoms with Gasteiger partial charge in [-0.05, 0) is 77.9 Å². The second kappa shape index (κ2) is 14.6. The van der Waals surface area contributed by atoms with Gasteiger partial charge in [-0.15, -0.1) is 11.8 Å². The van der Waals surface area contributed by atoms with Crippen LogP contribution in [0.15, 0.2) is 126 Å². The molecule has 6 nitrogen and oxygen atoms in total. The number of alkyl halides is 3. The third kappa shape index (κ3) is 8.60. The number of carbonyl (C=O) groups is 3. The smallest absolute Gasteiger partial charge is 0.324 e. The van der Waals surface area contributed by atoms with Crippen molar-refractivity contribution in [1.29, 1.82) is 0 Å². The molecule has 0 saturated carbocycles. The van der Waals surface area contributed by atoms with Crippen LogP contribution in [0.3, 0.4) is 0 Å². The summed E-state index contributed by atoms with van der Waals surface area (Å²) in [4.78, 5) is 40.2. The number of rotatable bonds is 9. The Balaban J connectivity index is 1.34. The van der Waals surface area contributed by atoms with E-state index in [4.69, 9.17) is 11.6 Å². The summed E-state index contributed by atoms with van der Waals surface area (Å²) in [7, 11) is 0. The molecule has 0 aliphatic heterocycles. The van der Waals surface area contributed by atoms with Gasteiger partial charge in [0.1, 0.15) is 5.70 Å². The molecule has 11 heteroatoms. The molecule has 238 valence electrons. The second-order valence-corrected chi connectivity index (χ2v) is 12.2. The van der Waals surface area contributed by atoms with Gasteiger partial charge < -0.3 is 16.0 Å². The van der Waals surface area contributed by atoms with Crippen molar-refractivity contribution in [2.24, 2.45) is 0 Å². The number of amides is 3. The number of carbonyl (C=O) groups excluding carboxylic acids is 3. The van der Waals surface area contributed by atoms with Crippen LogP contribution in [0.25, 0.3) is 16.8 Å². The third-order valence-corrected chi connectivity index (χ3v) is 8.40. The fourth-order valence-corrected chi connectivity index (χ4v) is 5.70. The highest BCUT2D eigenvalue weighted by Crippen LogP contribution is 2.34. The van der Waals surface area contributed by atoms with Gasteiger partial charge in [-0.25, -0.2) is 0 Å². The summed E-state index contributed by atoms with van der Waals surface area (Å²) < 4.78 is 39.5. The van der Waals surface area contributed by atoms with E-state index >= 15 is 0 Å². The molecular formula is C36H27ClF3N3O3S. The second-order valence-electron chi connectivity index (χ2n) is 10.4. The first-order valence-corrected chi connectivity index (χ1v) is 15.6. The molecule has 3 amide bonds. The Bertz CT molecular complexity index is 1980. The number of anilines is 2. The Hall–Kier alpha value is -5.06. The zero-order valence-electron chi connectivity index (χ0n) is 24.8. The molecule has 3 N–H and O–H groups in total. The summed E-state index contributed by atoms with van der Waals surface area (Å²) >= 11 is 7.17. The number of halogens is 4. The topological polar surface area (TPSA) is 87.3 Å². The van der Waals surface area contributed by atoms with Crippen LogP contribution in [0.5, 0.6) is 0 Å². The normalized spacial score (nSPS) is 12.3. The van der Waals surface area contributed by atoms with Crippen LogP contribution >= 0.6 is 23.4 Å². The lowest BCUT2D eigenvalue weighted by atomic mass is 10.0. The van der Waals surface area contributed by atoms with E-state index < -0.39 is 34.7 Å². The first-order valence-electron chi connectivity index (χ1n) is 14.3. The predicted molar refractivity (Wildman–Crippen MR) is 181 cm³/mol. The van der Waals surface area contributed by atoms with E-state index in [9.17, 15) is 27.6 Å². The minimum Gasteiger partial charge on any atom is -0.324 e. The van der Waals surface area contributed by atoms with Crippen molar-refractivity contribution < 1.29 is 27.6 Å². The van der Waals surface area contributed by atoms with E-state index in [0.29, 0.717) is 16.1 Å². The van der Waals surface area contributed by atoms with Gasteiger partial charge in [-0.1, -0.05) is 78.3 Å². The van der Waals surface area contributed by atoms with Gasteiger partial charge in [0.15, 0.2) is 0 Å². The number of benzene rings is 5. The van der Waals surface area contributed by atoms with Crippen molar-refractivity contribution in [3.05, 3.63) is 143 Å². The highest BCUT2D eigenvalue weighted by atomic mass is 35.5. The Morgan fingerprint density at radius 1 is 0.809 bits per heavy atom. The molecule has 5 aromatic carbocycles. The molecule has 0 radical (unpaired) electrons. The average Bonchev–Trinajstić information content (AvgIpc) is 3.05. The van der Waals surface area contributed by atoms with Crippen molar-refractivity contribution in [1.82, 2.24) is 5.32 Å². The van der Waals surface area contributed by atoms with Gasteiger partial charge in [0.05, 0.1) is 21.5 Å². The largest absolute Gasteiger partial charge is 0.416 e. The lowest BCUT2D eigenvalue weighted by Gasteiger charge is -2.16. The van der Waals surface area contributed by atoms with Gasteiger partial charge in [-0.2, -0.15) is 13.2 Å². The first kappa shape index (κ1) is 33.3. The minimum absolute atomic E-state index is 0.0129. The Morgan fingerprint density at radius 3 is 2.28 bits per heavy atom. The SMILES string of the molecule is CC(Sc1cccc(NC(=O)/C(=C\c2cccc3ccccc23)NC(=O)c2ccccc2)c1)C(=O)Nc1cc(C(F)(F)F)ccc1Cl. The van der Waals surface area contributed by atoms with Crippen molar-refractivity contribution in [3.63, 3.8) is 0 Å². The molecule has 47 heavy (non-hydrogen) atoms. The lowest BCUT2D eigenvalue weighted by Crippen LogP contribution is -2.30. The van der Waals surface area contributed by atoms with E-state index in [0.717, 1.165) is 46.3 Å². The fraction of sp³-hybridized carbons (Fsp3) is 0.0833. The number of thioether (sulfide) groups is 1. The summed E-state index contributed by atoms with van der Waals surface area (Å²) in [5, 5.41) is 9.12. The molecule has 1 atom stereocenters. The van der Waals surface area contributed by atoms with Gasteiger partial charge >= 0.3 is 6.18 Å². The Labute approximate surface area is 278 Å². The van der Waals surface area contributed by atoms with Crippen molar-refractivity contribution in [2.45, 2.75) is 23.2 Å². The Kier molecular flexibility index (Phi) is 10.3. The molecular weight excluding hydrogens is 647 g/mol. The summed E-state index contributed by atoms with van der Waals surface area (Å²) in [6.45, 7) is 1.59. The zero-order chi connectivity index (χ0) is 33.6. The maximum Gasteiger partial charge on any atom is 0.416 e. The molecule has 5 rings (SSSR count). The van der Waals surface area contributed by atoms with Crippen LogP contribution < -0.4 is 16.0 Å². The Morgan fingerprint density at radius 2 is 1.51 bits per heavy atom. The summed E-state index contributed by atoms with van der Waals surface area (Å²) in [5.74, 6) is -1.60. The monoisotopic (exact) mass is 673 g/mol. The summed E-state index contributed by atoms with van der Waals surface area (Å²) in [5.41, 5.74) is 0.427. The molecule has 0 fully saturated rings. The van der Waals surface area contributed by atoms with Crippen molar-refractivity contribution >= 4 is 69.3 Å². The van der Waals surface area contributed by atoms with Gasteiger partial charge in [0.25, 0.3) is 11.8 Å². The van der Waals surface area contributed by atoms with Crippen molar-refractivity contribution in [2.75, 3.05) is 10.6 Å². The van der Waals surface area contributed by atoms with Crippen molar-refractivity contribution in [3.8, 4) is 0 Å². The highest BCUT2D eigenvalue weighted by Gasteiger charge is 2.31. The summed E-state index contributed by atoms with van der Waals surface area (Å²) in [6, 6.07) is 31.3. The van der Waals surface area contributed by atoms with Gasteiger partial charge in [0.2, 0.25) is 5.91 Å². The van der Waals surface area contributed by atoms with E-state index in [1.165, 1.54) is 0 Å².